The standard InChI is InChI=1S/C10H12O.C2H6/c1-11-9-5-8-10-6-3-2-4-7-10;1-2/h2-7,9H,8H2,1H3;1-2H3. The lowest BCUT2D eigenvalue weighted by Crippen LogP contribution is -1.78. The van der Waals surface area contributed by atoms with E-state index >= 15 is 0 Å². The molecule has 0 heterocycles. The molecular formula is C12H18O. The fraction of sp³-hybridized carbons (Fsp3) is 0.333. The molecule has 0 bridgehead atoms. The van der Waals surface area contributed by atoms with Gasteiger partial charge in [-0.05, 0) is 18.1 Å². The molecule has 0 N–H and O–H groups in total. The summed E-state index contributed by atoms with van der Waals surface area (Å²) in [6.45, 7) is 4.00. The van der Waals surface area contributed by atoms with Gasteiger partial charge in [-0.25, -0.2) is 0 Å². The summed E-state index contributed by atoms with van der Waals surface area (Å²) in [5.74, 6) is 0. The highest BCUT2D eigenvalue weighted by Crippen LogP contribution is 1.99. The minimum absolute atomic E-state index is 0.939. The largest absolute Gasteiger partial charge is 0.505 e. The van der Waals surface area contributed by atoms with Crippen LogP contribution in [0.4, 0.5) is 0 Å². The van der Waals surface area contributed by atoms with Crippen LogP contribution in [0.5, 0.6) is 0 Å². The Morgan fingerprint density at radius 2 is 1.77 bits per heavy atom. The summed E-state index contributed by atoms with van der Waals surface area (Å²) in [6, 6.07) is 10.3. The van der Waals surface area contributed by atoms with E-state index in [9.17, 15) is 0 Å². The lowest BCUT2D eigenvalue weighted by atomic mass is 10.2. The van der Waals surface area contributed by atoms with Gasteiger partial charge in [-0.15, -0.1) is 0 Å². The van der Waals surface area contributed by atoms with Crippen molar-refractivity contribution in [3.05, 3.63) is 48.2 Å². The minimum Gasteiger partial charge on any atom is -0.505 e. The molecule has 0 aliphatic heterocycles. The van der Waals surface area contributed by atoms with Crippen molar-refractivity contribution in [3.63, 3.8) is 0 Å². The van der Waals surface area contributed by atoms with Gasteiger partial charge >= 0.3 is 0 Å². The summed E-state index contributed by atoms with van der Waals surface area (Å²) in [5, 5.41) is 0. The van der Waals surface area contributed by atoms with Crippen LogP contribution in [0.3, 0.4) is 0 Å². The Morgan fingerprint density at radius 3 is 2.31 bits per heavy atom. The second-order valence-corrected chi connectivity index (χ2v) is 2.30. The van der Waals surface area contributed by atoms with Crippen LogP contribution >= 0.6 is 0 Å². The SMILES string of the molecule is CC.COC=CCc1ccccc1. The minimum atomic E-state index is 0.939. The van der Waals surface area contributed by atoms with Crippen LogP contribution in [-0.4, -0.2) is 7.11 Å². The normalized spacial score (nSPS) is 9.15. The van der Waals surface area contributed by atoms with Gasteiger partial charge in [-0.2, -0.15) is 0 Å². The molecule has 0 aliphatic carbocycles. The van der Waals surface area contributed by atoms with Crippen LogP contribution < -0.4 is 0 Å². The molecule has 0 spiro atoms. The van der Waals surface area contributed by atoms with E-state index < -0.39 is 0 Å². The predicted molar refractivity (Wildman–Crippen MR) is 57.6 cm³/mol. The van der Waals surface area contributed by atoms with Gasteiger partial charge in [0.15, 0.2) is 0 Å². The lowest BCUT2D eigenvalue weighted by molar-refractivity contribution is 0.337. The van der Waals surface area contributed by atoms with E-state index in [4.69, 9.17) is 4.74 Å². The molecule has 0 saturated carbocycles. The van der Waals surface area contributed by atoms with Crippen molar-refractivity contribution in [1.82, 2.24) is 0 Å². The highest BCUT2D eigenvalue weighted by atomic mass is 16.5. The van der Waals surface area contributed by atoms with Gasteiger partial charge in [0.05, 0.1) is 13.4 Å². The van der Waals surface area contributed by atoms with Crippen molar-refractivity contribution in [2.75, 3.05) is 7.11 Å². The molecule has 0 saturated heterocycles. The van der Waals surface area contributed by atoms with E-state index in [0.29, 0.717) is 0 Å². The maximum atomic E-state index is 4.78. The summed E-state index contributed by atoms with van der Waals surface area (Å²) in [7, 11) is 1.65. The van der Waals surface area contributed by atoms with Gasteiger partial charge in [0.25, 0.3) is 0 Å². The lowest BCUT2D eigenvalue weighted by Gasteiger charge is -1.93. The molecule has 1 aromatic carbocycles. The van der Waals surface area contributed by atoms with E-state index in [1.807, 2.05) is 38.1 Å². The van der Waals surface area contributed by atoms with Crippen LogP contribution in [-0.2, 0) is 11.2 Å². The van der Waals surface area contributed by atoms with Crippen LogP contribution in [0, 0.1) is 0 Å². The van der Waals surface area contributed by atoms with Crippen LogP contribution in [0.1, 0.15) is 19.4 Å². The molecule has 0 aromatic heterocycles. The highest BCUT2D eigenvalue weighted by Gasteiger charge is 1.84. The number of allylic oxidation sites excluding steroid dienone is 1. The molecule has 0 atom stereocenters. The Balaban J connectivity index is 0.000000671. The number of hydrogen-bond donors (Lipinski definition) is 0. The van der Waals surface area contributed by atoms with Gasteiger partial charge in [-0.1, -0.05) is 44.2 Å². The maximum absolute atomic E-state index is 4.78. The fourth-order valence-electron chi connectivity index (χ4n) is 0.895. The Bertz CT molecular complexity index is 214. The number of methoxy groups -OCH3 is 1. The Morgan fingerprint density at radius 1 is 1.15 bits per heavy atom. The van der Waals surface area contributed by atoms with Crippen molar-refractivity contribution >= 4 is 0 Å². The number of ether oxygens (including phenoxy) is 1. The average molecular weight is 178 g/mol. The van der Waals surface area contributed by atoms with Gasteiger partial charge < -0.3 is 4.74 Å². The zero-order valence-electron chi connectivity index (χ0n) is 8.66. The van der Waals surface area contributed by atoms with Crippen molar-refractivity contribution in [2.24, 2.45) is 0 Å². The maximum Gasteiger partial charge on any atom is 0.0788 e. The van der Waals surface area contributed by atoms with Crippen LogP contribution in [0.15, 0.2) is 42.7 Å². The molecule has 0 radical (unpaired) electrons. The summed E-state index contributed by atoms with van der Waals surface area (Å²) in [5.41, 5.74) is 1.31. The number of benzene rings is 1. The van der Waals surface area contributed by atoms with Gasteiger partial charge in [0.1, 0.15) is 0 Å². The Hall–Kier alpha value is -1.24. The molecule has 1 nitrogen and oxygen atoms in total. The molecule has 1 rings (SSSR count). The third-order valence-electron chi connectivity index (χ3n) is 1.43. The smallest absolute Gasteiger partial charge is 0.0788 e. The first-order valence-electron chi connectivity index (χ1n) is 4.65. The summed E-state index contributed by atoms with van der Waals surface area (Å²) in [4.78, 5) is 0. The van der Waals surface area contributed by atoms with Crippen molar-refractivity contribution in [3.8, 4) is 0 Å². The molecule has 13 heavy (non-hydrogen) atoms. The molecule has 1 aromatic rings. The summed E-state index contributed by atoms with van der Waals surface area (Å²) >= 11 is 0. The summed E-state index contributed by atoms with van der Waals surface area (Å²) in [6.07, 6.45) is 4.64. The molecule has 0 aliphatic rings. The highest BCUT2D eigenvalue weighted by molar-refractivity contribution is 5.16. The molecule has 72 valence electrons. The predicted octanol–water partition coefficient (Wildman–Crippen LogP) is 3.42. The third-order valence-corrected chi connectivity index (χ3v) is 1.43. The first-order chi connectivity index (χ1) is 6.43. The second-order valence-electron chi connectivity index (χ2n) is 2.30. The summed E-state index contributed by atoms with van der Waals surface area (Å²) < 4.78 is 4.78. The molecule has 0 amide bonds. The van der Waals surface area contributed by atoms with Gasteiger partial charge in [-0.3, -0.25) is 0 Å². The van der Waals surface area contributed by atoms with E-state index in [-0.39, 0.29) is 0 Å². The zero-order chi connectivity index (χ0) is 9.94. The zero-order valence-corrected chi connectivity index (χ0v) is 8.66. The van der Waals surface area contributed by atoms with Crippen molar-refractivity contribution in [1.29, 1.82) is 0 Å². The van der Waals surface area contributed by atoms with Crippen molar-refractivity contribution in [2.45, 2.75) is 20.3 Å². The van der Waals surface area contributed by atoms with E-state index in [1.165, 1.54) is 5.56 Å². The van der Waals surface area contributed by atoms with E-state index in [1.54, 1.807) is 13.4 Å². The fourth-order valence-corrected chi connectivity index (χ4v) is 0.895. The van der Waals surface area contributed by atoms with Crippen LogP contribution in [0.2, 0.25) is 0 Å². The van der Waals surface area contributed by atoms with E-state index in [0.717, 1.165) is 6.42 Å². The first-order valence-corrected chi connectivity index (χ1v) is 4.65. The monoisotopic (exact) mass is 178 g/mol. The molecular weight excluding hydrogens is 160 g/mol. The molecule has 0 unspecified atom stereocenters. The topological polar surface area (TPSA) is 9.23 Å². The average Bonchev–Trinajstić information content (AvgIpc) is 2.23. The van der Waals surface area contributed by atoms with E-state index in [2.05, 4.69) is 12.1 Å². The number of rotatable bonds is 3. The second kappa shape index (κ2) is 8.85. The number of hydrogen-bond acceptors (Lipinski definition) is 1. The van der Waals surface area contributed by atoms with Gasteiger partial charge in [0, 0.05) is 0 Å². The Kier molecular flexibility index (Phi) is 8.01. The molecule has 0 fully saturated rings. The van der Waals surface area contributed by atoms with Crippen LogP contribution in [0.25, 0.3) is 0 Å². The van der Waals surface area contributed by atoms with Gasteiger partial charge in [0.2, 0.25) is 0 Å². The first kappa shape index (κ1) is 11.8. The quantitative estimate of drug-likeness (QED) is 0.644. The third kappa shape index (κ3) is 5.97. The molecule has 1 heteroatoms. The van der Waals surface area contributed by atoms with Crippen molar-refractivity contribution < 1.29 is 4.74 Å². The Labute approximate surface area is 81.1 Å².